The Hall–Kier alpha value is -0.530. The maximum Gasteiger partial charge on any atom is 0.186 e. The molecule has 3 N–H and O–H groups in total. The van der Waals surface area contributed by atoms with Gasteiger partial charge in [0.15, 0.2) is 6.29 Å². The number of ether oxygens (including phenoxy) is 2. The molecule has 0 radical (unpaired) electrons. The molecule has 1 saturated heterocycles. The monoisotopic (exact) mass is 436 g/mol. The van der Waals surface area contributed by atoms with Crippen molar-refractivity contribution in [2.45, 2.75) is 103 Å². The van der Waals surface area contributed by atoms with E-state index in [4.69, 9.17) is 9.47 Å². The van der Waals surface area contributed by atoms with Gasteiger partial charge in [-0.25, -0.2) is 0 Å². The van der Waals surface area contributed by atoms with Gasteiger partial charge < -0.3 is 24.8 Å². The molecule has 0 unspecified atom stereocenters. The van der Waals surface area contributed by atoms with E-state index in [-0.39, 0.29) is 29.5 Å². The molecular weight excluding hydrogens is 396 g/mol. The maximum atomic E-state index is 13.0. The number of rotatable bonds is 2. The molecule has 1 heterocycles. The average Bonchev–Trinajstić information content (AvgIpc) is 2.98. The zero-order valence-electron chi connectivity index (χ0n) is 19.4. The Kier molecular flexibility index (Phi) is 5.20. The number of carbonyl (C=O) groups excluding carboxylic acids is 1. The fraction of sp³-hybridized carbons (Fsp3) is 0.960. The van der Waals surface area contributed by atoms with Crippen LogP contribution in [0.1, 0.15) is 72.6 Å². The normalized spacial score (nSPS) is 56.1. The summed E-state index contributed by atoms with van der Waals surface area (Å²) in [5.41, 5.74) is 0.326. The summed E-state index contributed by atoms with van der Waals surface area (Å²) < 4.78 is 11.9. The predicted octanol–water partition coefficient (Wildman–Crippen LogP) is 2.67. The van der Waals surface area contributed by atoms with Gasteiger partial charge in [-0.1, -0.05) is 27.7 Å². The van der Waals surface area contributed by atoms with Crippen LogP contribution in [0, 0.1) is 39.9 Å². The van der Waals surface area contributed by atoms with Crippen molar-refractivity contribution >= 4 is 5.78 Å². The Morgan fingerprint density at radius 3 is 2.48 bits per heavy atom. The maximum absolute atomic E-state index is 13.0. The Bertz CT molecular complexity index is 738. The van der Waals surface area contributed by atoms with Crippen LogP contribution < -0.4 is 0 Å². The number of hydrogen-bond donors (Lipinski definition) is 3. The van der Waals surface area contributed by atoms with Gasteiger partial charge in [-0.15, -0.1) is 0 Å². The second-order valence-corrected chi connectivity index (χ2v) is 12.4. The summed E-state index contributed by atoms with van der Waals surface area (Å²) in [6, 6.07) is 0. The van der Waals surface area contributed by atoms with E-state index >= 15 is 0 Å². The van der Waals surface area contributed by atoms with Crippen LogP contribution in [0.25, 0.3) is 0 Å². The van der Waals surface area contributed by atoms with E-state index in [9.17, 15) is 20.1 Å². The molecule has 11 atom stereocenters. The van der Waals surface area contributed by atoms with Gasteiger partial charge >= 0.3 is 0 Å². The van der Waals surface area contributed by atoms with Crippen molar-refractivity contribution < 1.29 is 29.6 Å². The van der Waals surface area contributed by atoms with Crippen molar-refractivity contribution in [1.29, 1.82) is 0 Å². The van der Waals surface area contributed by atoms with Gasteiger partial charge in [-0.3, -0.25) is 4.79 Å². The molecule has 6 nitrogen and oxygen atoms in total. The first-order valence-corrected chi connectivity index (χ1v) is 12.3. The Balaban J connectivity index is 1.38. The van der Waals surface area contributed by atoms with Crippen LogP contribution in [0.5, 0.6) is 0 Å². The minimum absolute atomic E-state index is 0.0384. The third kappa shape index (κ3) is 3.12. The van der Waals surface area contributed by atoms with Crippen molar-refractivity contribution in [3.63, 3.8) is 0 Å². The minimum Gasteiger partial charge on any atom is -0.388 e. The number of Topliss-reactive ketones (excluding diaryl/α,β-unsaturated/α-hetero) is 1. The molecule has 6 heteroatoms. The molecule has 4 aliphatic carbocycles. The van der Waals surface area contributed by atoms with Crippen LogP contribution in [-0.2, 0) is 14.3 Å². The highest BCUT2D eigenvalue weighted by Crippen LogP contribution is 2.71. The van der Waals surface area contributed by atoms with Gasteiger partial charge in [0.2, 0.25) is 0 Å². The molecule has 4 saturated carbocycles. The summed E-state index contributed by atoms with van der Waals surface area (Å²) in [7, 11) is 0. The van der Waals surface area contributed by atoms with Gasteiger partial charge in [0.1, 0.15) is 24.1 Å². The topological polar surface area (TPSA) is 96.2 Å². The first-order valence-electron chi connectivity index (χ1n) is 12.3. The Morgan fingerprint density at radius 1 is 1.00 bits per heavy atom. The van der Waals surface area contributed by atoms with Crippen molar-refractivity contribution in [2.24, 2.45) is 39.9 Å². The largest absolute Gasteiger partial charge is 0.388 e. The summed E-state index contributed by atoms with van der Waals surface area (Å²) >= 11 is 0. The third-order valence-electron chi connectivity index (χ3n) is 10.5. The number of carbonyl (C=O) groups is 1. The van der Waals surface area contributed by atoms with Crippen LogP contribution in [0.3, 0.4) is 0 Å². The lowest BCUT2D eigenvalue weighted by Gasteiger charge is -2.65. The summed E-state index contributed by atoms with van der Waals surface area (Å²) in [6.07, 6.45) is 2.66. The SMILES string of the molecule is C[C@H]1C[C@@]23CC[C@H]4C(C)(C)[C@H](O[C@H]5OC[C@@H](O)[C@H](O)[C@H]5O)CC[C@@]4(C)[C@H]2CC(=O)[C@@H]1C3. The molecule has 1 spiro atoms. The zero-order valence-corrected chi connectivity index (χ0v) is 19.4. The van der Waals surface area contributed by atoms with E-state index < -0.39 is 24.6 Å². The van der Waals surface area contributed by atoms with Crippen LogP contribution in [0.4, 0.5) is 0 Å². The van der Waals surface area contributed by atoms with E-state index in [1.807, 2.05) is 0 Å². The smallest absolute Gasteiger partial charge is 0.186 e. The first kappa shape index (κ1) is 22.3. The minimum atomic E-state index is -1.25. The summed E-state index contributed by atoms with van der Waals surface area (Å²) in [5.74, 6) is 2.20. The van der Waals surface area contributed by atoms with Gasteiger partial charge in [0.25, 0.3) is 0 Å². The highest BCUT2D eigenvalue weighted by molar-refractivity contribution is 5.83. The lowest BCUT2D eigenvalue weighted by Crippen LogP contribution is -2.62. The van der Waals surface area contributed by atoms with Crippen molar-refractivity contribution in [1.82, 2.24) is 0 Å². The van der Waals surface area contributed by atoms with Crippen LogP contribution in [-0.4, -0.2) is 58.4 Å². The lowest BCUT2D eigenvalue weighted by atomic mass is 9.40. The number of aliphatic hydroxyl groups is 3. The molecular formula is C25H40O6. The molecule has 5 fully saturated rings. The molecule has 0 aromatic heterocycles. The number of fused-ring (bicyclic) bond motifs is 3. The molecule has 1 aliphatic heterocycles. The highest BCUT2D eigenvalue weighted by atomic mass is 16.7. The fourth-order valence-corrected chi connectivity index (χ4v) is 9.02. The van der Waals surface area contributed by atoms with Crippen molar-refractivity contribution in [3.8, 4) is 0 Å². The summed E-state index contributed by atoms with van der Waals surface area (Å²) in [4.78, 5) is 13.0. The van der Waals surface area contributed by atoms with Crippen molar-refractivity contribution in [3.05, 3.63) is 0 Å². The van der Waals surface area contributed by atoms with E-state index in [1.54, 1.807) is 0 Å². The van der Waals surface area contributed by atoms with E-state index in [2.05, 4.69) is 27.7 Å². The summed E-state index contributed by atoms with van der Waals surface area (Å²) in [6.45, 7) is 9.21. The van der Waals surface area contributed by atoms with Crippen LogP contribution in [0.2, 0.25) is 0 Å². The van der Waals surface area contributed by atoms with E-state index in [1.165, 1.54) is 12.8 Å². The average molecular weight is 437 g/mol. The molecule has 0 aromatic rings. The van der Waals surface area contributed by atoms with Gasteiger partial charge in [0.05, 0.1) is 12.7 Å². The lowest BCUT2D eigenvalue weighted by molar-refractivity contribution is -0.306. The van der Waals surface area contributed by atoms with Gasteiger partial charge in [-0.2, -0.15) is 0 Å². The molecule has 0 amide bonds. The predicted molar refractivity (Wildman–Crippen MR) is 114 cm³/mol. The Labute approximate surface area is 185 Å². The molecule has 31 heavy (non-hydrogen) atoms. The number of hydrogen-bond acceptors (Lipinski definition) is 6. The standard InChI is InChI=1S/C25H40O6/c1-13-10-25-8-5-17-23(2,3)19(31-22-21(29)20(28)16(27)12-30-22)6-7-24(17,4)18(25)9-15(26)14(13)11-25/h13-14,16-22,27-29H,5-12H2,1-4H3/t13-,14+,16+,17-,18+,19+,20-,21+,22+,24+,25+/m0/s1. The zero-order chi connectivity index (χ0) is 22.3. The fourth-order valence-electron chi connectivity index (χ4n) is 9.02. The van der Waals surface area contributed by atoms with E-state index in [0.717, 1.165) is 32.1 Å². The molecule has 2 bridgehead atoms. The van der Waals surface area contributed by atoms with Crippen LogP contribution in [0.15, 0.2) is 0 Å². The van der Waals surface area contributed by atoms with Crippen molar-refractivity contribution in [2.75, 3.05) is 6.61 Å². The molecule has 0 aromatic carbocycles. The highest BCUT2D eigenvalue weighted by Gasteiger charge is 2.66. The second kappa shape index (κ2) is 7.23. The number of ketones is 1. The van der Waals surface area contributed by atoms with E-state index in [0.29, 0.717) is 29.0 Å². The third-order valence-corrected chi connectivity index (χ3v) is 10.5. The van der Waals surface area contributed by atoms with Crippen LogP contribution >= 0.6 is 0 Å². The summed E-state index contributed by atoms with van der Waals surface area (Å²) in [5, 5.41) is 30.2. The molecule has 176 valence electrons. The molecule has 5 rings (SSSR count). The van der Waals surface area contributed by atoms with Gasteiger partial charge in [-0.05, 0) is 72.5 Å². The first-order chi connectivity index (χ1) is 14.5. The number of aliphatic hydroxyl groups excluding tert-OH is 3. The Morgan fingerprint density at radius 2 is 1.74 bits per heavy atom. The molecule has 5 aliphatic rings. The quantitative estimate of drug-likeness (QED) is 0.576. The van der Waals surface area contributed by atoms with Gasteiger partial charge in [0, 0.05) is 12.3 Å². The second-order valence-electron chi connectivity index (χ2n) is 12.4.